The van der Waals surface area contributed by atoms with Gasteiger partial charge < -0.3 is 5.73 Å². The van der Waals surface area contributed by atoms with Crippen molar-refractivity contribution < 1.29 is 49.4 Å². The fourth-order valence-corrected chi connectivity index (χ4v) is 7.18. The lowest BCUT2D eigenvalue weighted by Gasteiger charge is -2.11. The highest BCUT2D eigenvalue weighted by Gasteiger charge is 2.37. The third-order valence-corrected chi connectivity index (χ3v) is 10.5. The molecule has 6 aromatic heterocycles. The lowest BCUT2D eigenvalue weighted by Crippen LogP contribution is -2.09. The van der Waals surface area contributed by atoms with E-state index in [1.54, 1.807) is 6.07 Å². The standard InChI is InChI=1S/C11H5BrF3N3O2S.C11H7BrF3N3S.C6H4F3NS.C5H2BrClN2O2/c12-6-4-7(18(19)20)10(17-5-6)21-8-2-1-3-16-9(8)11(13,14)15;12-6-4-7(16)10(18-5-6)19-8-2-1-3-17-9(8)11(13,14)15;7-6(8,9)5-4(11)2-1-3-10-5;6-3-1-4(9(10)11)5(7)8-2-3/h1-5H;1-5H,16H2;1-3,11H;1-2H. The predicted molar refractivity (Wildman–Crippen MR) is 222 cm³/mol. The summed E-state index contributed by atoms with van der Waals surface area (Å²) < 4.78 is 114. The zero-order valence-corrected chi connectivity index (χ0v) is 37.7. The number of pyridine rings is 6. The Balaban J connectivity index is 0.000000229. The van der Waals surface area contributed by atoms with Gasteiger partial charge in [-0.2, -0.15) is 39.5 Å². The second kappa shape index (κ2) is 22.8. The molecule has 6 rings (SSSR count). The maximum Gasteiger partial charge on any atom is 0.434 e. The summed E-state index contributed by atoms with van der Waals surface area (Å²) in [5.74, 6) is 0. The normalized spacial score (nSPS) is 11.2. The Morgan fingerprint density at radius 2 is 0.984 bits per heavy atom. The van der Waals surface area contributed by atoms with Crippen molar-refractivity contribution in [2.24, 2.45) is 0 Å². The molecule has 62 heavy (non-hydrogen) atoms. The van der Waals surface area contributed by atoms with Crippen LogP contribution in [0, 0.1) is 20.2 Å². The van der Waals surface area contributed by atoms with Gasteiger partial charge in [-0.25, -0.2) is 15.0 Å². The maximum atomic E-state index is 12.8. The number of anilines is 1. The first-order valence-electron chi connectivity index (χ1n) is 15.6. The minimum atomic E-state index is -4.65. The van der Waals surface area contributed by atoms with Crippen LogP contribution in [0.1, 0.15) is 17.1 Å². The molecule has 0 bridgehead atoms. The lowest BCUT2D eigenvalue weighted by atomic mass is 10.3. The molecule has 0 aliphatic heterocycles. The van der Waals surface area contributed by atoms with E-state index < -0.39 is 45.5 Å². The average molecular weight is 1150 g/mol. The molecule has 0 saturated heterocycles. The number of halogens is 13. The minimum Gasteiger partial charge on any atom is -0.397 e. The highest BCUT2D eigenvalue weighted by Crippen LogP contribution is 2.41. The zero-order valence-electron chi connectivity index (χ0n) is 29.6. The number of hydrogen-bond donors (Lipinski definition) is 2. The molecule has 328 valence electrons. The third-order valence-electron chi connectivity index (χ3n) is 6.37. The molecule has 6 heterocycles. The first kappa shape index (κ1) is 52.0. The molecular weight excluding hydrogens is 1130 g/mol. The van der Waals surface area contributed by atoms with E-state index in [1.807, 2.05) is 0 Å². The van der Waals surface area contributed by atoms with E-state index >= 15 is 0 Å². The molecule has 0 saturated carbocycles. The number of nitro groups is 2. The molecule has 0 fully saturated rings. The Morgan fingerprint density at radius 1 is 0.597 bits per heavy atom. The van der Waals surface area contributed by atoms with E-state index in [0.717, 1.165) is 30.4 Å². The second-order valence-corrected chi connectivity index (χ2v) is 16.4. The Hall–Kier alpha value is -4.35. The number of aromatic nitrogens is 6. The van der Waals surface area contributed by atoms with Gasteiger partial charge in [-0.3, -0.25) is 35.2 Å². The van der Waals surface area contributed by atoms with Gasteiger partial charge in [-0.05, 0) is 90.3 Å². The number of nitrogen functional groups attached to an aromatic ring is 1. The van der Waals surface area contributed by atoms with Gasteiger partial charge in [0.05, 0.1) is 15.5 Å². The number of nitrogens with two attached hydrogens (primary N) is 1. The molecule has 6 aromatic rings. The number of hydrogen-bond acceptors (Lipinski definition) is 14. The average Bonchev–Trinajstić information content (AvgIpc) is 3.17. The number of nitrogens with zero attached hydrogens (tertiary/aromatic N) is 8. The predicted octanol–water partition coefficient (Wildman–Crippen LogP) is 13.1. The first-order valence-corrected chi connectivity index (χ1v) is 20.4. The van der Waals surface area contributed by atoms with Crippen molar-refractivity contribution in [1.82, 2.24) is 29.9 Å². The summed E-state index contributed by atoms with van der Waals surface area (Å²) in [5.41, 5.74) is 2.45. The molecule has 13 nitrogen and oxygen atoms in total. The summed E-state index contributed by atoms with van der Waals surface area (Å²) in [6.45, 7) is 0. The molecule has 2 N–H and O–H groups in total. The summed E-state index contributed by atoms with van der Waals surface area (Å²) in [6.07, 6.45) is -6.21. The summed E-state index contributed by atoms with van der Waals surface area (Å²) >= 11 is 19.7. The largest absolute Gasteiger partial charge is 0.434 e. The van der Waals surface area contributed by atoms with Gasteiger partial charge in [0.25, 0.3) is 0 Å². The van der Waals surface area contributed by atoms with Crippen LogP contribution in [-0.2, 0) is 18.5 Å². The third kappa shape index (κ3) is 16.1. The van der Waals surface area contributed by atoms with E-state index in [-0.39, 0.29) is 36.2 Å². The maximum absolute atomic E-state index is 12.8. The van der Waals surface area contributed by atoms with Crippen LogP contribution in [0.3, 0.4) is 0 Å². The summed E-state index contributed by atoms with van der Waals surface area (Å²) in [5, 5.41) is 21.2. The summed E-state index contributed by atoms with van der Waals surface area (Å²) in [4.78, 5) is 40.6. The van der Waals surface area contributed by atoms with Crippen LogP contribution in [0.15, 0.2) is 130 Å². The lowest BCUT2D eigenvalue weighted by molar-refractivity contribution is -0.388. The Morgan fingerprint density at radius 3 is 1.39 bits per heavy atom. The molecule has 0 aromatic carbocycles. The van der Waals surface area contributed by atoms with Gasteiger partial charge in [-0.1, -0.05) is 35.1 Å². The van der Waals surface area contributed by atoms with Gasteiger partial charge in [0.2, 0.25) is 5.15 Å². The molecule has 0 aliphatic carbocycles. The SMILES string of the molecule is FC(F)(F)c1ncccc1S.Nc1cc(Br)cnc1Sc1cccnc1C(F)(F)F.O=[N+]([O-])c1cc(Br)cnc1Cl.O=[N+]([O-])c1cc(Br)cnc1Sc1cccnc1C(F)(F)F. The quantitative estimate of drug-likeness (QED) is 0.0527. The van der Waals surface area contributed by atoms with Gasteiger partial charge in [0.15, 0.2) is 22.1 Å². The molecule has 0 spiro atoms. The minimum absolute atomic E-state index is 0.0310. The van der Waals surface area contributed by atoms with Crippen LogP contribution in [0.4, 0.5) is 56.6 Å². The van der Waals surface area contributed by atoms with E-state index in [1.165, 1.54) is 67.1 Å². The Bertz CT molecular complexity index is 2540. The molecule has 29 heteroatoms. The monoisotopic (exact) mass is 1140 g/mol. The zero-order chi connectivity index (χ0) is 46.6. The number of alkyl halides is 9. The van der Waals surface area contributed by atoms with Crippen molar-refractivity contribution in [2.75, 3.05) is 5.73 Å². The molecule has 0 unspecified atom stereocenters. The van der Waals surface area contributed by atoms with Crippen molar-refractivity contribution in [3.63, 3.8) is 0 Å². The first-order chi connectivity index (χ1) is 28.8. The molecular formula is C33H18Br3ClF9N9O4S3. The number of thiol groups is 1. The fraction of sp³-hybridized carbons (Fsp3) is 0.0909. The highest BCUT2D eigenvalue weighted by molar-refractivity contribution is 9.11. The van der Waals surface area contributed by atoms with Crippen LogP contribution in [-0.4, -0.2) is 39.8 Å². The molecule has 0 radical (unpaired) electrons. The van der Waals surface area contributed by atoms with Crippen molar-refractivity contribution >= 4 is 113 Å². The van der Waals surface area contributed by atoms with Crippen LogP contribution in [0.2, 0.25) is 5.15 Å². The highest BCUT2D eigenvalue weighted by atomic mass is 79.9. The summed E-state index contributed by atoms with van der Waals surface area (Å²) in [7, 11) is 0. The van der Waals surface area contributed by atoms with Crippen molar-refractivity contribution in [3.05, 3.63) is 148 Å². The Kier molecular flexibility index (Phi) is 19.2. The van der Waals surface area contributed by atoms with Gasteiger partial charge >= 0.3 is 29.9 Å². The summed E-state index contributed by atoms with van der Waals surface area (Å²) in [6, 6.07) is 12.0. The van der Waals surface area contributed by atoms with Gasteiger partial charge in [0, 0.05) is 77.4 Å². The topological polar surface area (TPSA) is 190 Å². The van der Waals surface area contributed by atoms with Crippen molar-refractivity contribution in [2.45, 2.75) is 43.3 Å². The smallest absolute Gasteiger partial charge is 0.397 e. The molecule has 0 atom stereocenters. The van der Waals surface area contributed by atoms with E-state index in [2.05, 4.69) is 90.3 Å². The van der Waals surface area contributed by atoms with Crippen molar-refractivity contribution in [3.8, 4) is 0 Å². The van der Waals surface area contributed by atoms with E-state index in [9.17, 15) is 59.7 Å². The van der Waals surface area contributed by atoms with Crippen LogP contribution >= 0.6 is 95.5 Å². The Labute approximate surface area is 386 Å². The second-order valence-electron chi connectivity index (χ2n) is 10.8. The van der Waals surface area contributed by atoms with Crippen LogP contribution in [0.25, 0.3) is 0 Å². The van der Waals surface area contributed by atoms with Gasteiger partial charge in [0.1, 0.15) is 5.03 Å². The van der Waals surface area contributed by atoms with E-state index in [4.69, 9.17) is 17.3 Å². The molecule has 0 amide bonds. The number of rotatable bonds is 6. The van der Waals surface area contributed by atoms with Crippen LogP contribution in [0.5, 0.6) is 0 Å². The molecule has 0 aliphatic rings. The van der Waals surface area contributed by atoms with Gasteiger partial charge in [-0.15, -0.1) is 12.6 Å². The van der Waals surface area contributed by atoms with Crippen LogP contribution < -0.4 is 5.73 Å². The van der Waals surface area contributed by atoms with E-state index in [0.29, 0.717) is 35.9 Å². The fourth-order valence-electron chi connectivity index (χ4n) is 3.89. The van der Waals surface area contributed by atoms with Crippen molar-refractivity contribution in [1.29, 1.82) is 0 Å².